The Morgan fingerprint density at radius 1 is 1.12 bits per heavy atom. The van der Waals surface area contributed by atoms with Gasteiger partial charge < -0.3 is 9.64 Å². The number of ether oxygens (including phenoxy) is 1. The zero-order valence-electron chi connectivity index (χ0n) is 13.1. The Morgan fingerprint density at radius 2 is 1.79 bits per heavy atom. The summed E-state index contributed by atoms with van der Waals surface area (Å²) < 4.78 is 32.0. The first-order valence-corrected chi connectivity index (χ1v) is 9.20. The number of piperazine rings is 1. The smallest absolute Gasteiger partial charge is 0.243 e. The van der Waals surface area contributed by atoms with Gasteiger partial charge in [-0.1, -0.05) is 11.6 Å². The van der Waals surface area contributed by atoms with Crippen molar-refractivity contribution in [3.05, 3.63) is 41.7 Å². The summed E-state index contributed by atoms with van der Waals surface area (Å²) in [6, 6.07) is 6.23. The SMILES string of the molecule is COc1ccc(S(=O)(=O)N2CCN(c3ncccn3)CC2)cc1Cl. The third-order valence-corrected chi connectivity index (χ3v) is 6.02. The van der Waals surface area contributed by atoms with Crippen LogP contribution in [0, 0.1) is 0 Å². The van der Waals surface area contributed by atoms with E-state index in [4.69, 9.17) is 16.3 Å². The normalized spacial score (nSPS) is 16.2. The molecule has 0 bridgehead atoms. The molecule has 0 unspecified atom stereocenters. The third kappa shape index (κ3) is 3.31. The largest absolute Gasteiger partial charge is 0.495 e. The van der Waals surface area contributed by atoms with E-state index in [9.17, 15) is 8.42 Å². The van der Waals surface area contributed by atoms with Gasteiger partial charge in [-0.25, -0.2) is 18.4 Å². The summed E-state index contributed by atoms with van der Waals surface area (Å²) in [5.74, 6) is 1.06. The lowest BCUT2D eigenvalue weighted by Crippen LogP contribution is -2.49. The molecule has 0 aliphatic carbocycles. The Bertz CT molecular complexity index is 809. The minimum atomic E-state index is -3.59. The Morgan fingerprint density at radius 3 is 2.38 bits per heavy atom. The molecule has 1 aliphatic rings. The molecule has 1 aliphatic heterocycles. The molecule has 128 valence electrons. The van der Waals surface area contributed by atoms with Crippen LogP contribution < -0.4 is 9.64 Å². The van der Waals surface area contributed by atoms with E-state index in [1.54, 1.807) is 24.5 Å². The predicted octanol–water partition coefficient (Wildman–Crippen LogP) is 1.65. The van der Waals surface area contributed by atoms with Crippen molar-refractivity contribution in [2.45, 2.75) is 4.90 Å². The monoisotopic (exact) mass is 368 g/mol. The molecule has 3 rings (SSSR count). The van der Waals surface area contributed by atoms with Crippen molar-refractivity contribution in [2.75, 3.05) is 38.2 Å². The third-order valence-electron chi connectivity index (χ3n) is 3.83. The summed E-state index contributed by atoms with van der Waals surface area (Å²) in [7, 11) is -2.10. The van der Waals surface area contributed by atoms with Crippen molar-refractivity contribution in [2.24, 2.45) is 0 Å². The number of aromatic nitrogens is 2. The van der Waals surface area contributed by atoms with Gasteiger partial charge >= 0.3 is 0 Å². The van der Waals surface area contributed by atoms with E-state index < -0.39 is 10.0 Å². The predicted molar refractivity (Wildman–Crippen MR) is 91.0 cm³/mol. The molecule has 1 aromatic heterocycles. The fourth-order valence-corrected chi connectivity index (χ4v) is 4.31. The highest BCUT2D eigenvalue weighted by Crippen LogP contribution is 2.28. The Hall–Kier alpha value is -1.90. The molecule has 0 N–H and O–H groups in total. The van der Waals surface area contributed by atoms with Crippen LogP contribution >= 0.6 is 11.6 Å². The van der Waals surface area contributed by atoms with Crippen molar-refractivity contribution in [1.29, 1.82) is 0 Å². The first kappa shape index (κ1) is 16.9. The molecule has 0 radical (unpaired) electrons. The van der Waals surface area contributed by atoms with E-state index in [-0.39, 0.29) is 9.92 Å². The van der Waals surface area contributed by atoms with Crippen LogP contribution in [0.5, 0.6) is 5.75 Å². The topological polar surface area (TPSA) is 75.6 Å². The molecular weight excluding hydrogens is 352 g/mol. The molecule has 1 aromatic carbocycles. The lowest BCUT2D eigenvalue weighted by molar-refractivity contribution is 0.382. The molecule has 24 heavy (non-hydrogen) atoms. The molecule has 0 amide bonds. The first-order chi connectivity index (χ1) is 11.5. The highest BCUT2D eigenvalue weighted by atomic mass is 35.5. The van der Waals surface area contributed by atoms with E-state index in [2.05, 4.69) is 9.97 Å². The van der Waals surface area contributed by atoms with Crippen LogP contribution in [0.25, 0.3) is 0 Å². The van der Waals surface area contributed by atoms with Gasteiger partial charge in [-0.15, -0.1) is 0 Å². The Kier molecular flexibility index (Phi) is 4.88. The zero-order valence-corrected chi connectivity index (χ0v) is 14.7. The second kappa shape index (κ2) is 6.92. The van der Waals surface area contributed by atoms with Crippen LogP contribution in [0.2, 0.25) is 5.02 Å². The van der Waals surface area contributed by atoms with Gasteiger partial charge in [-0.3, -0.25) is 0 Å². The quantitative estimate of drug-likeness (QED) is 0.816. The second-order valence-corrected chi connectivity index (χ2v) is 7.58. The van der Waals surface area contributed by atoms with Crippen LogP contribution in [-0.4, -0.2) is 56.0 Å². The average Bonchev–Trinajstić information content (AvgIpc) is 2.62. The Balaban J connectivity index is 1.74. The van der Waals surface area contributed by atoms with Gasteiger partial charge in [0.05, 0.1) is 17.0 Å². The first-order valence-electron chi connectivity index (χ1n) is 7.38. The molecule has 0 saturated carbocycles. The lowest BCUT2D eigenvalue weighted by Gasteiger charge is -2.33. The van der Waals surface area contributed by atoms with Gasteiger partial charge in [0, 0.05) is 38.6 Å². The molecule has 7 nitrogen and oxygen atoms in total. The molecule has 1 fully saturated rings. The molecule has 1 saturated heterocycles. The van der Waals surface area contributed by atoms with E-state index in [0.717, 1.165) is 0 Å². The summed E-state index contributed by atoms with van der Waals surface area (Å²) in [4.78, 5) is 10.5. The summed E-state index contributed by atoms with van der Waals surface area (Å²) in [5, 5.41) is 0.273. The lowest BCUT2D eigenvalue weighted by atomic mass is 10.3. The maximum absolute atomic E-state index is 12.8. The fraction of sp³-hybridized carbons (Fsp3) is 0.333. The van der Waals surface area contributed by atoms with E-state index in [1.165, 1.54) is 23.5 Å². The maximum atomic E-state index is 12.8. The number of hydrogen-bond acceptors (Lipinski definition) is 6. The molecule has 9 heteroatoms. The number of rotatable bonds is 4. The number of anilines is 1. The van der Waals surface area contributed by atoms with E-state index in [1.807, 2.05) is 4.90 Å². The zero-order chi connectivity index (χ0) is 17.2. The van der Waals surface area contributed by atoms with E-state index in [0.29, 0.717) is 37.9 Å². The fourth-order valence-electron chi connectivity index (χ4n) is 2.54. The van der Waals surface area contributed by atoms with Gasteiger partial charge in [0.1, 0.15) is 5.75 Å². The van der Waals surface area contributed by atoms with Crippen molar-refractivity contribution in [3.63, 3.8) is 0 Å². The highest BCUT2D eigenvalue weighted by Gasteiger charge is 2.29. The van der Waals surface area contributed by atoms with Gasteiger partial charge in [-0.05, 0) is 24.3 Å². The number of halogens is 1. The van der Waals surface area contributed by atoms with Crippen LogP contribution in [0.4, 0.5) is 5.95 Å². The molecular formula is C15H17ClN4O3S. The minimum Gasteiger partial charge on any atom is -0.495 e. The number of hydrogen-bond donors (Lipinski definition) is 0. The summed E-state index contributed by atoms with van der Waals surface area (Å²) in [6.07, 6.45) is 3.34. The van der Waals surface area contributed by atoms with Gasteiger partial charge in [0.15, 0.2) is 0 Å². The number of benzene rings is 1. The van der Waals surface area contributed by atoms with Crippen LogP contribution in [0.15, 0.2) is 41.6 Å². The maximum Gasteiger partial charge on any atom is 0.243 e. The second-order valence-electron chi connectivity index (χ2n) is 5.24. The van der Waals surface area contributed by atoms with E-state index >= 15 is 0 Å². The minimum absolute atomic E-state index is 0.165. The van der Waals surface area contributed by atoms with Crippen LogP contribution in [0.3, 0.4) is 0 Å². The van der Waals surface area contributed by atoms with Crippen molar-refractivity contribution in [1.82, 2.24) is 14.3 Å². The number of sulfonamides is 1. The molecule has 0 spiro atoms. The standard InChI is InChI=1S/C15H17ClN4O3S/c1-23-14-4-3-12(11-13(14)16)24(21,22)20-9-7-19(8-10-20)15-17-5-2-6-18-15/h2-6,11H,7-10H2,1H3. The average molecular weight is 369 g/mol. The van der Waals surface area contributed by atoms with Crippen molar-refractivity contribution < 1.29 is 13.2 Å². The molecule has 0 atom stereocenters. The number of methoxy groups -OCH3 is 1. The van der Waals surface area contributed by atoms with Crippen LogP contribution in [0.1, 0.15) is 0 Å². The van der Waals surface area contributed by atoms with Crippen molar-refractivity contribution in [3.8, 4) is 5.75 Å². The van der Waals surface area contributed by atoms with Gasteiger partial charge in [-0.2, -0.15) is 4.31 Å². The Labute approximate surface area is 145 Å². The summed E-state index contributed by atoms with van der Waals surface area (Å²) in [6.45, 7) is 1.80. The summed E-state index contributed by atoms with van der Waals surface area (Å²) in [5.41, 5.74) is 0. The summed E-state index contributed by atoms with van der Waals surface area (Å²) >= 11 is 6.04. The van der Waals surface area contributed by atoms with Crippen molar-refractivity contribution >= 4 is 27.6 Å². The van der Waals surface area contributed by atoms with Gasteiger partial charge in [0.25, 0.3) is 0 Å². The number of nitrogens with zero attached hydrogens (tertiary/aromatic N) is 4. The van der Waals surface area contributed by atoms with Gasteiger partial charge in [0.2, 0.25) is 16.0 Å². The molecule has 2 heterocycles. The molecule has 2 aromatic rings. The van der Waals surface area contributed by atoms with Crippen LogP contribution in [-0.2, 0) is 10.0 Å². The highest BCUT2D eigenvalue weighted by molar-refractivity contribution is 7.89.